The van der Waals surface area contributed by atoms with Crippen LogP contribution in [0.5, 0.6) is 0 Å². The second kappa shape index (κ2) is 6.25. The highest BCUT2D eigenvalue weighted by Crippen LogP contribution is 2.30. The number of anilines is 1. The molecule has 0 bridgehead atoms. The van der Waals surface area contributed by atoms with Crippen LogP contribution in [0, 0.1) is 0 Å². The summed E-state index contributed by atoms with van der Waals surface area (Å²) in [5.74, 6) is 0. The molecule has 1 saturated heterocycles. The molecule has 3 nitrogen and oxygen atoms in total. The van der Waals surface area contributed by atoms with Crippen LogP contribution in [0.3, 0.4) is 0 Å². The predicted octanol–water partition coefficient (Wildman–Crippen LogP) is 3.97. The first-order valence-corrected chi connectivity index (χ1v) is 7.48. The molecular weight excluding hydrogens is 306 g/mol. The number of nitrogens with one attached hydrogen (secondary N) is 1. The van der Waals surface area contributed by atoms with Gasteiger partial charge in [-0.25, -0.2) is 0 Å². The van der Waals surface area contributed by atoms with Gasteiger partial charge in [-0.1, -0.05) is 22.0 Å². The zero-order valence-corrected chi connectivity index (χ0v) is 13.4. The monoisotopic (exact) mass is 327 g/mol. The summed E-state index contributed by atoms with van der Waals surface area (Å²) in [4.78, 5) is 0. The first-order valence-electron chi connectivity index (χ1n) is 6.69. The van der Waals surface area contributed by atoms with Gasteiger partial charge in [0, 0.05) is 35.5 Å². The van der Waals surface area contributed by atoms with E-state index in [2.05, 4.69) is 47.2 Å². The highest BCUT2D eigenvalue weighted by Gasteiger charge is 2.29. The summed E-state index contributed by atoms with van der Waals surface area (Å²) < 4.78 is 12.1. The zero-order valence-electron chi connectivity index (χ0n) is 11.8. The maximum Gasteiger partial charge on any atom is 0.0744 e. The van der Waals surface area contributed by atoms with Crippen molar-refractivity contribution in [1.82, 2.24) is 0 Å². The van der Waals surface area contributed by atoms with Crippen molar-refractivity contribution in [2.75, 3.05) is 19.0 Å². The molecule has 0 aliphatic carbocycles. The fourth-order valence-corrected chi connectivity index (χ4v) is 3.04. The lowest BCUT2D eigenvalue weighted by atomic mass is 9.93. The highest BCUT2D eigenvalue weighted by molar-refractivity contribution is 9.10. The summed E-state index contributed by atoms with van der Waals surface area (Å²) in [6.45, 7) is 5.73. The van der Waals surface area contributed by atoms with Crippen molar-refractivity contribution >= 4 is 21.6 Å². The summed E-state index contributed by atoms with van der Waals surface area (Å²) in [6, 6.07) is 6.67. The fraction of sp³-hybridized carbons (Fsp3) is 0.600. The summed E-state index contributed by atoms with van der Waals surface area (Å²) in [7, 11) is 1.72. The van der Waals surface area contributed by atoms with Crippen molar-refractivity contribution in [3.63, 3.8) is 0 Å². The lowest BCUT2D eigenvalue weighted by Gasteiger charge is -2.36. The van der Waals surface area contributed by atoms with Crippen LogP contribution in [0.2, 0.25) is 0 Å². The number of ether oxygens (including phenoxy) is 2. The molecule has 0 amide bonds. The van der Waals surface area contributed by atoms with E-state index in [0.717, 1.165) is 29.6 Å². The van der Waals surface area contributed by atoms with Gasteiger partial charge in [0.25, 0.3) is 0 Å². The Kier molecular flexibility index (Phi) is 4.87. The minimum absolute atomic E-state index is 0.0383. The number of methoxy groups -OCH3 is 1. The summed E-state index contributed by atoms with van der Waals surface area (Å²) in [6.07, 6.45) is 2.06. The number of benzene rings is 1. The van der Waals surface area contributed by atoms with Gasteiger partial charge in [0.05, 0.1) is 12.2 Å². The molecule has 1 heterocycles. The van der Waals surface area contributed by atoms with E-state index in [1.165, 1.54) is 5.56 Å². The Hall–Kier alpha value is -0.580. The minimum atomic E-state index is -0.0383. The van der Waals surface area contributed by atoms with Crippen molar-refractivity contribution in [3.05, 3.63) is 28.2 Å². The van der Waals surface area contributed by atoms with Gasteiger partial charge in [0.2, 0.25) is 0 Å². The molecule has 1 aromatic carbocycles. The van der Waals surface area contributed by atoms with Gasteiger partial charge in [-0.05, 0) is 38.8 Å². The molecule has 106 valence electrons. The SMILES string of the molecule is COCc1c(Br)cccc1NC1CCOC(C)(C)C1. The third kappa shape index (κ3) is 3.94. The Bertz CT molecular complexity index is 434. The number of rotatable bonds is 4. The molecule has 4 heteroatoms. The van der Waals surface area contributed by atoms with E-state index >= 15 is 0 Å². The lowest BCUT2D eigenvalue weighted by molar-refractivity contribution is -0.0553. The molecule has 1 aliphatic heterocycles. The Morgan fingerprint density at radius 3 is 2.95 bits per heavy atom. The molecule has 1 aromatic rings. The molecule has 1 atom stereocenters. The van der Waals surface area contributed by atoms with Crippen LogP contribution in [-0.2, 0) is 16.1 Å². The second-order valence-corrected chi connectivity index (χ2v) is 6.50. The predicted molar refractivity (Wildman–Crippen MR) is 81.5 cm³/mol. The van der Waals surface area contributed by atoms with Crippen LogP contribution in [0.15, 0.2) is 22.7 Å². The van der Waals surface area contributed by atoms with Crippen LogP contribution >= 0.6 is 15.9 Å². The average molecular weight is 328 g/mol. The molecule has 1 aliphatic rings. The smallest absolute Gasteiger partial charge is 0.0744 e. The first-order chi connectivity index (χ1) is 9.02. The Morgan fingerprint density at radius 2 is 2.26 bits per heavy atom. The maximum absolute atomic E-state index is 5.76. The third-order valence-corrected chi connectivity index (χ3v) is 4.21. The number of halogens is 1. The van der Waals surface area contributed by atoms with Gasteiger partial charge in [-0.3, -0.25) is 0 Å². The van der Waals surface area contributed by atoms with Gasteiger partial charge in [-0.15, -0.1) is 0 Å². The summed E-state index contributed by atoms with van der Waals surface area (Å²) in [5.41, 5.74) is 2.29. The zero-order chi connectivity index (χ0) is 13.9. The van der Waals surface area contributed by atoms with Crippen LogP contribution in [-0.4, -0.2) is 25.4 Å². The van der Waals surface area contributed by atoms with Gasteiger partial charge in [0.1, 0.15) is 0 Å². The molecule has 0 aromatic heterocycles. The molecule has 1 fully saturated rings. The molecular formula is C15H22BrNO2. The molecule has 0 saturated carbocycles. The van der Waals surface area contributed by atoms with Crippen LogP contribution < -0.4 is 5.32 Å². The van der Waals surface area contributed by atoms with Crippen molar-refractivity contribution in [2.45, 2.75) is 44.9 Å². The van der Waals surface area contributed by atoms with Crippen LogP contribution in [0.25, 0.3) is 0 Å². The number of hydrogen-bond donors (Lipinski definition) is 1. The quantitative estimate of drug-likeness (QED) is 0.907. The van der Waals surface area contributed by atoms with Crippen molar-refractivity contribution < 1.29 is 9.47 Å². The first kappa shape index (κ1) is 14.8. The molecule has 1 unspecified atom stereocenters. The second-order valence-electron chi connectivity index (χ2n) is 5.64. The molecule has 1 N–H and O–H groups in total. The normalized spacial score (nSPS) is 22.2. The molecule has 19 heavy (non-hydrogen) atoms. The van der Waals surface area contributed by atoms with E-state index in [9.17, 15) is 0 Å². The van der Waals surface area contributed by atoms with Gasteiger partial charge in [-0.2, -0.15) is 0 Å². The van der Waals surface area contributed by atoms with E-state index in [1.54, 1.807) is 7.11 Å². The Balaban J connectivity index is 2.12. The third-order valence-electron chi connectivity index (χ3n) is 3.46. The average Bonchev–Trinajstić information content (AvgIpc) is 2.32. The maximum atomic E-state index is 5.76. The highest BCUT2D eigenvalue weighted by atomic mass is 79.9. The fourth-order valence-electron chi connectivity index (χ4n) is 2.56. The number of hydrogen-bond acceptors (Lipinski definition) is 3. The van der Waals surface area contributed by atoms with Crippen molar-refractivity contribution in [3.8, 4) is 0 Å². The summed E-state index contributed by atoms with van der Waals surface area (Å²) in [5, 5.41) is 3.64. The molecule has 0 spiro atoms. The van der Waals surface area contributed by atoms with Crippen molar-refractivity contribution in [2.24, 2.45) is 0 Å². The summed E-state index contributed by atoms with van der Waals surface area (Å²) >= 11 is 3.59. The van der Waals surface area contributed by atoms with Crippen molar-refractivity contribution in [1.29, 1.82) is 0 Å². The standard InChI is InChI=1S/C15H22BrNO2/c1-15(2)9-11(7-8-19-15)17-14-6-4-5-13(16)12(14)10-18-3/h4-6,11,17H,7-10H2,1-3H3. The van der Waals surface area contributed by atoms with Gasteiger partial charge < -0.3 is 14.8 Å². The molecule has 2 rings (SSSR count). The van der Waals surface area contributed by atoms with Gasteiger partial charge in [0.15, 0.2) is 0 Å². The van der Waals surface area contributed by atoms with Gasteiger partial charge >= 0.3 is 0 Å². The molecule has 0 radical (unpaired) electrons. The Morgan fingerprint density at radius 1 is 1.47 bits per heavy atom. The lowest BCUT2D eigenvalue weighted by Crippen LogP contribution is -2.40. The van der Waals surface area contributed by atoms with E-state index in [4.69, 9.17) is 9.47 Å². The Labute approximate surface area is 123 Å². The van der Waals surface area contributed by atoms with Crippen LogP contribution in [0.1, 0.15) is 32.3 Å². The topological polar surface area (TPSA) is 30.5 Å². The van der Waals surface area contributed by atoms with E-state index < -0.39 is 0 Å². The minimum Gasteiger partial charge on any atom is -0.382 e. The van der Waals surface area contributed by atoms with Crippen LogP contribution in [0.4, 0.5) is 5.69 Å². The largest absolute Gasteiger partial charge is 0.382 e. The van der Waals surface area contributed by atoms with E-state index in [1.807, 2.05) is 6.07 Å². The van der Waals surface area contributed by atoms with E-state index in [-0.39, 0.29) is 5.60 Å². The van der Waals surface area contributed by atoms with E-state index in [0.29, 0.717) is 12.6 Å².